The van der Waals surface area contributed by atoms with Crippen LogP contribution in [0.5, 0.6) is 0 Å². The monoisotopic (exact) mass is 666 g/mol. The number of carbonyl (C=O) groups is 7. The minimum absolute atomic E-state index is 0.0807. The van der Waals surface area contributed by atoms with E-state index in [1.165, 1.54) is 13.8 Å². The maximum atomic E-state index is 12.7. The zero-order chi connectivity index (χ0) is 35.7. The molecule has 0 aromatic carbocycles. The molecule has 0 radical (unpaired) electrons. The number of aliphatic carboxylic acids is 2. The Bertz CT molecular complexity index is 1060. The summed E-state index contributed by atoms with van der Waals surface area (Å²) in [6, 6.07) is -6.65. The van der Waals surface area contributed by atoms with E-state index < -0.39 is 122 Å². The fourth-order valence-electron chi connectivity index (χ4n) is 3.96. The van der Waals surface area contributed by atoms with Gasteiger partial charge in [-0.05, 0) is 39.5 Å². The van der Waals surface area contributed by atoms with Crippen LogP contribution in [0.3, 0.4) is 0 Å². The van der Waals surface area contributed by atoms with Gasteiger partial charge >= 0.3 is 11.9 Å². The topological polar surface area (TPSA) is 350 Å². The van der Waals surface area contributed by atoms with Crippen molar-refractivity contribution in [3.05, 3.63) is 0 Å². The molecule has 5 amide bonds. The van der Waals surface area contributed by atoms with Gasteiger partial charge in [0.15, 0.2) is 0 Å². The molecule has 0 aliphatic heterocycles. The Kier molecular flexibility index (Phi) is 19.2. The second-order valence-corrected chi connectivity index (χ2v) is 10.5. The van der Waals surface area contributed by atoms with Crippen molar-refractivity contribution < 1.29 is 68.9 Å². The molecule has 46 heavy (non-hydrogen) atoms. The van der Waals surface area contributed by atoms with Crippen molar-refractivity contribution >= 4 is 41.5 Å². The molecule has 0 rings (SSSR count). The van der Waals surface area contributed by atoms with Gasteiger partial charge in [0, 0.05) is 13.3 Å². The fourth-order valence-corrected chi connectivity index (χ4v) is 3.96. The molecule has 20 nitrogen and oxygen atoms in total. The number of carboxylic acid groups (broad SMARTS) is 2. The summed E-state index contributed by atoms with van der Waals surface area (Å²) in [5, 5.41) is 66.8. The summed E-state index contributed by atoms with van der Waals surface area (Å²) in [5.74, 6) is -7.09. The molecule has 9 atom stereocenters. The lowest BCUT2D eigenvalue weighted by molar-refractivity contribution is -0.158. The van der Waals surface area contributed by atoms with Gasteiger partial charge in [-0.15, -0.1) is 0 Å². The van der Waals surface area contributed by atoms with Crippen LogP contribution < -0.4 is 32.7 Å². The average Bonchev–Trinajstić information content (AvgIpc) is 2.98. The highest BCUT2D eigenvalue weighted by atomic mass is 16.5. The predicted octanol–water partition coefficient (Wildman–Crippen LogP) is -5.62. The Hall–Kier alpha value is -3.95. The van der Waals surface area contributed by atoms with Crippen molar-refractivity contribution in [3.63, 3.8) is 0 Å². The second kappa shape index (κ2) is 21.0. The number of nitrogens with one attached hydrogen (secondary N) is 4. The third-order valence-corrected chi connectivity index (χ3v) is 6.66. The lowest BCUT2D eigenvalue weighted by Gasteiger charge is -2.34. The van der Waals surface area contributed by atoms with Crippen molar-refractivity contribution in [2.75, 3.05) is 13.2 Å². The summed E-state index contributed by atoms with van der Waals surface area (Å²) in [7, 11) is 0. The highest BCUT2D eigenvalue weighted by molar-refractivity contribution is 5.91. The summed E-state index contributed by atoms with van der Waals surface area (Å²) in [6.07, 6.45) is -7.54. The first-order chi connectivity index (χ1) is 21.4. The molecule has 14 N–H and O–H groups in total. The van der Waals surface area contributed by atoms with Crippen LogP contribution >= 0.6 is 0 Å². The highest BCUT2D eigenvalue weighted by Crippen LogP contribution is 2.13. The van der Waals surface area contributed by atoms with Crippen LogP contribution in [0, 0.1) is 0 Å². The standard InChI is InChI=1S/C26H46N6O14/c1-11(29-24(41)12(2)46-21(20(38)18(36)10-34)17(9-33)30-13(3)35)23(40)32-16(26(44)45)7-8-19(37)31-15(25(42)43)6-4-5-14(27)22(28)39/h11-12,14-18,20-21,33-34,36,38H,4-10,27H2,1-3H3,(H2,28,39)(H,29,41)(H,30,35)(H,31,37)(H,32,40)(H,42,43)(H,44,45). The van der Waals surface area contributed by atoms with E-state index in [4.69, 9.17) is 16.2 Å². The molecule has 0 aromatic heterocycles. The Balaban J connectivity index is 5.23. The largest absolute Gasteiger partial charge is 0.480 e. The van der Waals surface area contributed by atoms with Crippen LogP contribution in [0.1, 0.15) is 52.9 Å². The number of aliphatic hydroxyl groups is 4. The quantitative estimate of drug-likeness (QED) is 0.0483. The normalized spacial score (nSPS) is 17.0. The number of carbonyl (C=O) groups excluding carboxylic acids is 5. The van der Waals surface area contributed by atoms with E-state index in [0.717, 1.165) is 6.92 Å². The minimum Gasteiger partial charge on any atom is -0.480 e. The Labute approximate surface area is 264 Å². The maximum absolute atomic E-state index is 12.7. The van der Waals surface area contributed by atoms with E-state index in [1.807, 2.05) is 0 Å². The number of nitrogens with two attached hydrogens (primary N) is 2. The van der Waals surface area contributed by atoms with E-state index >= 15 is 0 Å². The summed E-state index contributed by atoms with van der Waals surface area (Å²) in [5.41, 5.74) is 10.5. The fraction of sp³-hybridized carbons (Fsp3) is 0.731. The number of rotatable bonds is 23. The number of aliphatic hydroxyl groups excluding tert-OH is 4. The molecule has 20 heteroatoms. The summed E-state index contributed by atoms with van der Waals surface area (Å²) in [4.78, 5) is 83.4. The van der Waals surface area contributed by atoms with Gasteiger partial charge in [-0.25, -0.2) is 9.59 Å². The van der Waals surface area contributed by atoms with Crippen LogP contribution in [0.25, 0.3) is 0 Å². The SMILES string of the molecule is CC(=O)NC(CO)C(OC(C)C(=O)NC(C)C(=O)NC(CCC(=O)NC(CCCC(N)C(N)=O)C(=O)O)C(=O)O)C(O)C(O)CO. The minimum atomic E-state index is -1.87. The number of hydrogen-bond donors (Lipinski definition) is 12. The first kappa shape index (κ1) is 42.0. The van der Waals surface area contributed by atoms with E-state index in [1.54, 1.807) is 0 Å². The smallest absolute Gasteiger partial charge is 0.326 e. The van der Waals surface area contributed by atoms with Crippen molar-refractivity contribution in [2.45, 2.75) is 108 Å². The number of amides is 5. The van der Waals surface area contributed by atoms with Crippen molar-refractivity contribution in [1.82, 2.24) is 21.3 Å². The molecule has 0 saturated carbocycles. The molecular weight excluding hydrogens is 620 g/mol. The molecule has 0 aromatic rings. The average molecular weight is 667 g/mol. The summed E-state index contributed by atoms with van der Waals surface area (Å²) in [6.45, 7) is 1.77. The van der Waals surface area contributed by atoms with Gasteiger partial charge < -0.3 is 68.1 Å². The van der Waals surface area contributed by atoms with Gasteiger partial charge in [0.1, 0.15) is 42.5 Å². The molecule has 0 aliphatic carbocycles. The first-order valence-electron chi connectivity index (χ1n) is 14.3. The van der Waals surface area contributed by atoms with E-state index in [0.29, 0.717) is 0 Å². The molecule has 0 heterocycles. The third kappa shape index (κ3) is 15.4. The highest BCUT2D eigenvalue weighted by Gasteiger charge is 2.37. The molecule has 0 fully saturated rings. The lowest BCUT2D eigenvalue weighted by atomic mass is 10.0. The van der Waals surface area contributed by atoms with Crippen LogP contribution in [0.15, 0.2) is 0 Å². The second-order valence-electron chi connectivity index (χ2n) is 10.5. The maximum Gasteiger partial charge on any atom is 0.326 e. The van der Waals surface area contributed by atoms with Crippen LogP contribution in [0.2, 0.25) is 0 Å². The molecule has 0 bridgehead atoms. The van der Waals surface area contributed by atoms with Gasteiger partial charge in [-0.2, -0.15) is 0 Å². The number of ether oxygens (including phenoxy) is 1. The van der Waals surface area contributed by atoms with Gasteiger partial charge in [0.25, 0.3) is 0 Å². The number of hydrogen-bond acceptors (Lipinski definition) is 13. The molecule has 0 saturated heterocycles. The lowest BCUT2D eigenvalue weighted by Crippen LogP contribution is -2.57. The molecule has 0 aliphatic rings. The van der Waals surface area contributed by atoms with Gasteiger partial charge in [-0.3, -0.25) is 24.0 Å². The molecule has 264 valence electrons. The molecule has 0 spiro atoms. The third-order valence-electron chi connectivity index (χ3n) is 6.66. The Morgan fingerprint density at radius 2 is 1.35 bits per heavy atom. The number of carboxylic acids is 2. The Morgan fingerprint density at radius 1 is 0.783 bits per heavy atom. The molecule has 9 unspecified atom stereocenters. The van der Waals surface area contributed by atoms with Crippen LogP contribution in [0.4, 0.5) is 0 Å². The Morgan fingerprint density at radius 3 is 1.83 bits per heavy atom. The van der Waals surface area contributed by atoms with Gasteiger partial charge in [0.2, 0.25) is 29.5 Å². The zero-order valence-electron chi connectivity index (χ0n) is 25.7. The van der Waals surface area contributed by atoms with E-state index in [2.05, 4.69) is 21.3 Å². The first-order valence-corrected chi connectivity index (χ1v) is 14.3. The van der Waals surface area contributed by atoms with Crippen molar-refractivity contribution in [1.29, 1.82) is 0 Å². The van der Waals surface area contributed by atoms with Crippen molar-refractivity contribution in [2.24, 2.45) is 11.5 Å². The predicted molar refractivity (Wildman–Crippen MR) is 155 cm³/mol. The zero-order valence-corrected chi connectivity index (χ0v) is 25.7. The summed E-state index contributed by atoms with van der Waals surface area (Å²) >= 11 is 0. The van der Waals surface area contributed by atoms with Crippen LogP contribution in [-0.4, -0.2) is 140 Å². The number of primary amides is 1. The van der Waals surface area contributed by atoms with Gasteiger partial charge in [-0.1, -0.05) is 0 Å². The van der Waals surface area contributed by atoms with Crippen molar-refractivity contribution in [3.8, 4) is 0 Å². The summed E-state index contributed by atoms with van der Waals surface area (Å²) < 4.78 is 5.46. The van der Waals surface area contributed by atoms with Crippen LogP contribution in [-0.2, 0) is 38.3 Å². The van der Waals surface area contributed by atoms with Gasteiger partial charge in [0.05, 0.1) is 25.3 Å². The molecular formula is C26H46N6O14. The van der Waals surface area contributed by atoms with E-state index in [9.17, 15) is 64.2 Å². The van der Waals surface area contributed by atoms with E-state index in [-0.39, 0.29) is 19.3 Å².